The first-order chi connectivity index (χ1) is 6.77. The summed E-state index contributed by atoms with van der Waals surface area (Å²) in [6.07, 6.45) is 3.34. The van der Waals surface area contributed by atoms with Crippen LogP contribution in [0.1, 0.15) is 19.3 Å². The van der Waals surface area contributed by atoms with Crippen LogP contribution >= 0.6 is 0 Å². The number of piperidine rings is 1. The van der Waals surface area contributed by atoms with E-state index in [1.54, 1.807) is 0 Å². The molecule has 0 aromatic heterocycles. The van der Waals surface area contributed by atoms with Crippen molar-refractivity contribution < 1.29 is 4.79 Å². The maximum atomic E-state index is 10.9. The van der Waals surface area contributed by atoms with Gasteiger partial charge in [-0.3, -0.25) is 4.79 Å². The van der Waals surface area contributed by atoms with Crippen LogP contribution in [0.3, 0.4) is 0 Å². The number of hydrogen-bond donors (Lipinski definition) is 3. The molecule has 2 rings (SSSR count). The largest absolute Gasteiger partial charge is 0.368 e. The van der Waals surface area contributed by atoms with E-state index in [4.69, 9.17) is 5.73 Å². The van der Waals surface area contributed by atoms with Crippen molar-refractivity contribution in [1.82, 2.24) is 10.6 Å². The molecule has 4 N–H and O–H groups in total. The van der Waals surface area contributed by atoms with Crippen molar-refractivity contribution in [2.75, 3.05) is 19.6 Å². The molecule has 0 aromatic rings. The molecule has 2 unspecified atom stereocenters. The summed E-state index contributed by atoms with van der Waals surface area (Å²) in [7, 11) is 0. The minimum atomic E-state index is -0.201. The van der Waals surface area contributed by atoms with Crippen molar-refractivity contribution in [1.29, 1.82) is 0 Å². The summed E-state index contributed by atoms with van der Waals surface area (Å²) in [6.45, 7) is 3.26. The fourth-order valence-corrected chi connectivity index (χ4v) is 2.60. The maximum Gasteiger partial charge on any atom is 0.234 e. The predicted molar refractivity (Wildman–Crippen MR) is 54.7 cm³/mol. The molecule has 0 spiro atoms. The Morgan fingerprint density at radius 1 is 1.14 bits per heavy atom. The second kappa shape index (κ2) is 4.28. The summed E-state index contributed by atoms with van der Waals surface area (Å²) in [5, 5.41) is 6.63. The third-order valence-electron chi connectivity index (χ3n) is 3.56. The summed E-state index contributed by atoms with van der Waals surface area (Å²) in [5.41, 5.74) is 5.25. The topological polar surface area (TPSA) is 67.2 Å². The number of hydrogen-bond acceptors (Lipinski definition) is 3. The monoisotopic (exact) mass is 197 g/mol. The molecule has 14 heavy (non-hydrogen) atoms. The molecule has 4 heteroatoms. The van der Waals surface area contributed by atoms with Crippen molar-refractivity contribution in [2.45, 2.75) is 25.3 Å². The first-order valence-electron chi connectivity index (χ1n) is 5.51. The van der Waals surface area contributed by atoms with E-state index in [1.165, 1.54) is 6.42 Å². The number of primary amides is 1. The Labute approximate surface area is 84.6 Å². The Morgan fingerprint density at radius 3 is 2.43 bits per heavy atom. The molecule has 2 heterocycles. The molecule has 1 amide bonds. The number of rotatable bonds is 2. The van der Waals surface area contributed by atoms with Gasteiger partial charge in [0.15, 0.2) is 0 Å². The minimum Gasteiger partial charge on any atom is -0.368 e. The van der Waals surface area contributed by atoms with E-state index >= 15 is 0 Å². The molecule has 0 bridgehead atoms. The second-order valence-corrected chi connectivity index (χ2v) is 4.45. The summed E-state index contributed by atoms with van der Waals surface area (Å²) in [4.78, 5) is 10.9. The molecule has 2 saturated heterocycles. The Hall–Kier alpha value is -0.610. The Kier molecular flexibility index (Phi) is 3.03. The van der Waals surface area contributed by atoms with E-state index in [2.05, 4.69) is 10.6 Å². The van der Waals surface area contributed by atoms with E-state index in [9.17, 15) is 4.79 Å². The normalized spacial score (nSPS) is 38.4. The third kappa shape index (κ3) is 2.07. The molecule has 3 atom stereocenters. The van der Waals surface area contributed by atoms with Crippen LogP contribution in [-0.2, 0) is 4.79 Å². The van der Waals surface area contributed by atoms with Crippen molar-refractivity contribution in [3.8, 4) is 0 Å². The molecule has 0 aromatic carbocycles. The zero-order valence-corrected chi connectivity index (χ0v) is 8.46. The van der Waals surface area contributed by atoms with E-state index in [0.29, 0.717) is 0 Å². The van der Waals surface area contributed by atoms with Crippen molar-refractivity contribution in [3.05, 3.63) is 0 Å². The number of nitrogens with one attached hydrogen (secondary N) is 2. The van der Waals surface area contributed by atoms with Gasteiger partial charge in [-0.2, -0.15) is 0 Å². The van der Waals surface area contributed by atoms with Gasteiger partial charge in [-0.15, -0.1) is 0 Å². The smallest absolute Gasteiger partial charge is 0.234 e. The molecule has 4 nitrogen and oxygen atoms in total. The van der Waals surface area contributed by atoms with Crippen LogP contribution in [0, 0.1) is 11.8 Å². The van der Waals surface area contributed by atoms with E-state index in [-0.39, 0.29) is 11.9 Å². The highest BCUT2D eigenvalue weighted by Crippen LogP contribution is 2.26. The lowest BCUT2D eigenvalue weighted by Gasteiger charge is -2.31. The summed E-state index contributed by atoms with van der Waals surface area (Å²) < 4.78 is 0. The molecular formula is C10H19N3O. The van der Waals surface area contributed by atoms with Crippen LogP contribution in [0.2, 0.25) is 0 Å². The Morgan fingerprint density at radius 2 is 1.93 bits per heavy atom. The van der Waals surface area contributed by atoms with Crippen molar-refractivity contribution >= 4 is 5.91 Å². The first kappa shape index (κ1) is 9.93. The maximum absolute atomic E-state index is 10.9. The lowest BCUT2D eigenvalue weighted by atomic mass is 9.83. The van der Waals surface area contributed by atoms with Crippen molar-refractivity contribution in [2.24, 2.45) is 17.6 Å². The molecule has 0 radical (unpaired) electrons. The quantitative estimate of drug-likeness (QED) is 0.556. The van der Waals surface area contributed by atoms with Crippen LogP contribution in [0.5, 0.6) is 0 Å². The van der Waals surface area contributed by atoms with Gasteiger partial charge in [0.25, 0.3) is 0 Å². The van der Waals surface area contributed by atoms with Crippen LogP contribution in [0.4, 0.5) is 0 Å². The highest BCUT2D eigenvalue weighted by molar-refractivity contribution is 5.79. The van der Waals surface area contributed by atoms with Crippen molar-refractivity contribution in [3.63, 3.8) is 0 Å². The molecule has 2 aliphatic heterocycles. The Bertz CT molecular complexity index is 205. The lowest BCUT2D eigenvalue weighted by molar-refractivity contribution is -0.120. The van der Waals surface area contributed by atoms with Gasteiger partial charge in [0.2, 0.25) is 5.91 Å². The number of carbonyl (C=O) groups excluding carboxylic acids is 1. The number of nitrogens with two attached hydrogens (primary N) is 1. The van der Waals surface area contributed by atoms with Crippen LogP contribution in [0.25, 0.3) is 0 Å². The molecule has 80 valence electrons. The van der Waals surface area contributed by atoms with Gasteiger partial charge in [-0.25, -0.2) is 0 Å². The SMILES string of the molecule is NC(=O)C1CCC([C@@H]2CCNC2)CN1. The predicted octanol–water partition coefficient (Wildman–Crippen LogP) is -0.551. The summed E-state index contributed by atoms with van der Waals surface area (Å²) in [5.74, 6) is 1.34. The highest BCUT2D eigenvalue weighted by atomic mass is 16.1. The number of carbonyl (C=O) groups is 1. The van der Waals surface area contributed by atoms with Gasteiger partial charge in [0.1, 0.15) is 0 Å². The number of amides is 1. The standard InChI is InChI=1S/C10H19N3O/c11-10(14)9-2-1-7(6-13-9)8-3-4-12-5-8/h7-9,12-13H,1-6H2,(H2,11,14)/t7?,8-,9?/m1/s1. The average molecular weight is 197 g/mol. The fraction of sp³-hybridized carbons (Fsp3) is 0.900. The second-order valence-electron chi connectivity index (χ2n) is 4.45. The zero-order chi connectivity index (χ0) is 9.97. The van der Waals surface area contributed by atoms with Gasteiger partial charge in [0, 0.05) is 0 Å². The fourth-order valence-electron chi connectivity index (χ4n) is 2.60. The molecule has 0 aliphatic carbocycles. The minimum absolute atomic E-state index is 0.0828. The molecule has 0 saturated carbocycles. The highest BCUT2D eigenvalue weighted by Gasteiger charge is 2.30. The molecule has 2 fully saturated rings. The third-order valence-corrected chi connectivity index (χ3v) is 3.56. The Balaban J connectivity index is 1.80. The van der Waals surface area contributed by atoms with E-state index < -0.39 is 0 Å². The van der Waals surface area contributed by atoms with Gasteiger partial charge < -0.3 is 16.4 Å². The zero-order valence-electron chi connectivity index (χ0n) is 8.46. The van der Waals surface area contributed by atoms with Crippen LogP contribution < -0.4 is 16.4 Å². The van der Waals surface area contributed by atoms with E-state index in [0.717, 1.165) is 44.3 Å². The van der Waals surface area contributed by atoms with Gasteiger partial charge >= 0.3 is 0 Å². The van der Waals surface area contributed by atoms with Gasteiger partial charge in [-0.05, 0) is 50.7 Å². The van der Waals surface area contributed by atoms with Crippen LogP contribution in [0.15, 0.2) is 0 Å². The summed E-state index contributed by atoms with van der Waals surface area (Å²) in [6, 6.07) is -0.0828. The first-order valence-corrected chi connectivity index (χ1v) is 5.51. The molecular weight excluding hydrogens is 178 g/mol. The molecule has 2 aliphatic rings. The van der Waals surface area contributed by atoms with Gasteiger partial charge in [0.05, 0.1) is 6.04 Å². The van der Waals surface area contributed by atoms with Gasteiger partial charge in [-0.1, -0.05) is 0 Å². The van der Waals surface area contributed by atoms with Crippen LogP contribution in [-0.4, -0.2) is 31.6 Å². The average Bonchev–Trinajstić information content (AvgIpc) is 2.71. The van der Waals surface area contributed by atoms with E-state index in [1.807, 2.05) is 0 Å². The summed E-state index contributed by atoms with van der Waals surface area (Å²) >= 11 is 0. The lowest BCUT2D eigenvalue weighted by Crippen LogP contribution is -2.48.